The highest BCUT2D eigenvalue weighted by Crippen LogP contribution is 2.33. The van der Waals surface area contributed by atoms with Gasteiger partial charge in [-0.15, -0.1) is 0 Å². The summed E-state index contributed by atoms with van der Waals surface area (Å²) in [6.45, 7) is 0.645. The predicted molar refractivity (Wildman–Crippen MR) is 149 cm³/mol. The van der Waals surface area contributed by atoms with Gasteiger partial charge in [-0.2, -0.15) is 4.98 Å². The van der Waals surface area contributed by atoms with Crippen molar-refractivity contribution in [3.05, 3.63) is 60.9 Å². The van der Waals surface area contributed by atoms with E-state index in [0.717, 1.165) is 59.5 Å². The molecule has 2 aromatic heterocycles. The van der Waals surface area contributed by atoms with Gasteiger partial charge in [-0.3, -0.25) is 9.13 Å². The lowest BCUT2D eigenvalue weighted by molar-refractivity contribution is -0.140. The van der Waals surface area contributed by atoms with Crippen LogP contribution in [-0.2, 0) is 9.53 Å². The van der Waals surface area contributed by atoms with Crippen LogP contribution in [0.2, 0.25) is 0 Å². The third kappa shape index (κ3) is 6.89. The smallest absolute Gasteiger partial charge is 0.305 e. The molecule has 2 heterocycles. The number of benzene rings is 2. The van der Waals surface area contributed by atoms with Gasteiger partial charge in [0.15, 0.2) is 5.65 Å². The molecule has 0 saturated carbocycles. The first-order valence-corrected chi connectivity index (χ1v) is 15.5. The summed E-state index contributed by atoms with van der Waals surface area (Å²) in [6.07, 6.45) is 6.60. The molecule has 4 rings (SSSR count). The molecule has 0 amide bonds. The molecule has 0 aliphatic heterocycles. The van der Waals surface area contributed by atoms with Crippen molar-refractivity contribution in [1.82, 2.24) is 19.3 Å². The number of carbonyl (C=O) groups excluding carboxylic acids is 1. The topological polar surface area (TPSA) is 91.2 Å². The van der Waals surface area contributed by atoms with E-state index < -0.39 is 0 Å². The number of unbranched alkanes of at least 4 members (excludes halogenated alkanes) is 3. The summed E-state index contributed by atoms with van der Waals surface area (Å²) < 4.78 is 12.5. The number of fused-ring (bicyclic) bond motifs is 1. The van der Waals surface area contributed by atoms with Crippen molar-refractivity contribution < 1.29 is 14.3 Å². The number of nitrogens with zero attached hydrogens (tertiary/aromatic N) is 4. The van der Waals surface area contributed by atoms with E-state index in [1.165, 1.54) is 7.11 Å². The molecule has 1 N–H and O–H groups in total. The lowest BCUT2D eigenvalue weighted by Gasteiger charge is -2.10. The fraction of sp³-hybridized carbons (Fsp3) is 0.280. The van der Waals surface area contributed by atoms with Gasteiger partial charge in [0, 0.05) is 17.7 Å². The van der Waals surface area contributed by atoms with E-state index in [0.29, 0.717) is 25.3 Å². The molecule has 1 atom stereocenters. The second-order valence-electron chi connectivity index (χ2n) is 7.87. The third-order valence-corrected chi connectivity index (χ3v) is 7.49. The summed E-state index contributed by atoms with van der Waals surface area (Å²) in [5.74, 6) is 1.19. The van der Waals surface area contributed by atoms with E-state index in [-0.39, 0.29) is 5.97 Å². The van der Waals surface area contributed by atoms with Crippen molar-refractivity contribution in [3.8, 4) is 17.0 Å². The van der Waals surface area contributed by atoms with Crippen LogP contribution >= 0.6 is 28.4 Å². The average molecular weight is 603 g/mol. The van der Waals surface area contributed by atoms with E-state index in [1.807, 2.05) is 65.3 Å². The molecule has 0 spiro atoms. The Bertz CT molecular complexity index is 1250. The highest BCUT2D eigenvalue weighted by molar-refractivity contribution is 14.2. The first kappa shape index (κ1) is 25.3. The Morgan fingerprint density at radius 2 is 1.80 bits per heavy atom. The lowest BCUT2D eigenvalue weighted by Crippen LogP contribution is -2.01. The summed E-state index contributed by atoms with van der Waals surface area (Å²) in [5, 5.41) is 3.32. The van der Waals surface area contributed by atoms with E-state index >= 15 is 0 Å². The molecule has 2 aromatic carbocycles. The Morgan fingerprint density at radius 1 is 1.03 bits per heavy atom. The van der Waals surface area contributed by atoms with Crippen molar-refractivity contribution >= 4 is 57.2 Å². The van der Waals surface area contributed by atoms with Gasteiger partial charge in [-0.1, -0.05) is 43.2 Å². The molecule has 35 heavy (non-hydrogen) atoms. The third-order valence-electron chi connectivity index (χ3n) is 5.42. The monoisotopic (exact) mass is 603 g/mol. The second-order valence-corrected chi connectivity index (χ2v) is 9.97. The largest absolute Gasteiger partial charge is 0.494 e. The number of ether oxygens (including phenoxy) is 2. The molecule has 10 heteroatoms. The number of nitrogens with one attached hydrogen (secondary N) is 1. The Labute approximate surface area is 219 Å². The number of methoxy groups -OCH3 is 1. The van der Waals surface area contributed by atoms with E-state index in [9.17, 15) is 4.79 Å². The van der Waals surface area contributed by atoms with Gasteiger partial charge in [0.25, 0.3) is 0 Å². The summed E-state index contributed by atoms with van der Waals surface area (Å²) >= 11 is 2.32. The predicted octanol–water partition coefficient (Wildman–Crippen LogP) is 6.53. The number of anilines is 2. The van der Waals surface area contributed by atoms with Gasteiger partial charge in [0.1, 0.15) is 23.3 Å². The van der Waals surface area contributed by atoms with Crippen LogP contribution in [0.1, 0.15) is 32.1 Å². The van der Waals surface area contributed by atoms with Crippen LogP contribution in [0, 0.1) is 0 Å². The highest BCUT2D eigenvalue weighted by Gasteiger charge is 2.15. The highest BCUT2D eigenvalue weighted by atomic mass is 127. The van der Waals surface area contributed by atoms with Crippen LogP contribution in [0.5, 0.6) is 5.75 Å². The summed E-state index contributed by atoms with van der Waals surface area (Å²) in [4.78, 5) is 25.2. The van der Waals surface area contributed by atoms with Crippen LogP contribution in [0.3, 0.4) is 0 Å². The molecule has 0 aliphatic carbocycles. The van der Waals surface area contributed by atoms with E-state index in [4.69, 9.17) is 14.7 Å². The fourth-order valence-corrected chi connectivity index (χ4v) is 4.99. The zero-order chi connectivity index (χ0) is 24.5. The van der Waals surface area contributed by atoms with Crippen LogP contribution in [0.15, 0.2) is 60.9 Å². The molecular formula is C25H27IN5O3P. The first-order chi connectivity index (χ1) is 17.2. The molecule has 0 bridgehead atoms. The second kappa shape index (κ2) is 12.8. The molecule has 4 aromatic rings. The molecular weight excluding hydrogens is 576 g/mol. The Balaban J connectivity index is 1.37. The number of carbonyl (C=O) groups is 1. The quantitative estimate of drug-likeness (QED) is 0.0853. The Morgan fingerprint density at radius 3 is 2.54 bits per heavy atom. The lowest BCUT2D eigenvalue weighted by atomic mass is 10.1. The zero-order valence-electron chi connectivity index (χ0n) is 19.4. The Kier molecular flexibility index (Phi) is 9.25. The zero-order valence-corrected chi connectivity index (χ0v) is 22.6. The number of hydrogen-bond acceptors (Lipinski definition) is 7. The van der Waals surface area contributed by atoms with E-state index in [1.54, 1.807) is 0 Å². The molecule has 0 saturated heterocycles. The number of esters is 1. The summed E-state index contributed by atoms with van der Waals surface area (Å²) in [6, 6.07) is 17.8. The van der Waals surface area contributed by atoms with Gasteiger partial charge in [0.05, 0.1) is 20.1 Å². The first-order valence-electron chi connectivity index (χ1n) is 11.4. The Hall–Kier alpha value is -2.78. The molecule has 182 valence electrons. The minimum Gasteiger partial charge on any atom is -0.494 e. The van der Waals surface area contributed by atoms with Crippen LogP contribution in [0.4, 0.5) is 11.6 Å². The van der Waals surface area contributed by atoms with Crippen LogP contribution in [0.25, 0.3) is 22.4 Å². The molecule has 8 nitrogen and oxygen atoms in total. The average Bonchev–Trinajstić information content (AvgIpc) is 3.32. The van der Waals surface area contributed by atoms with Gasteiger partial charge >= 0.3 is 5.97 Å². The van der Waals surface area contributed by atoms with Crippen molar-refractivity contribution in [2.24, 2.45) is 0 Å². The van der Waals surface area contributed by atoms with Crippen molar-refractivity contribution in [3.63, 3.8) is 0 Å². The maximum absolute atomic E-state index is 11.1. The number of rotatable bonds is 12. The molecule has 1 unspecified atom stereocenters. The number of imidazole rings is 1. The fourth-order valence-electron chi connectivity index (χ4n) is 3.60. The van der Waals surface area contributed by atoms with E-state index in [2.05, 4.69) is 37.1 Å². The van der Waals surface area contributed by atoms with Gasteiger partial charge < -0.3 is 14.8 Å². The van der Waals surface area contributed by atoms with Crippen LogP contribution in [-0.4, -0.2) is 39.0 Å². The van der Waals surface area contributed by atoms with Crippen LogP contribution < -0.4 is 10.1 Å². The molecule has 0 fully saturated rings. The van der Waals surface area contributed by atoms with Gasteiger partial charge in [-0.05, 0) is 59.1 Å². The maximum Gasteiger partial charge on any atom is 0.305 e. The minimum absolute atomic E-state index is 0.146. The number of hydrogen-bond donors (Lipinski definition) is 1. The molecule has 0 radical (unpaired) electrons. The SMILES string of the molecule is COC(=O)CCCCCCOc1ccc(Nc2nc(-c3ccccc3)c3ncn(PI)c3n2)cc1. The van der Waals surface area contributed by atoms with Crippen molar-refractivity contribution in [2.75, 3.05) is 19.0 Å². The van der Waals surface area contributed by atoms with Crippen molar-refractivity contribution in [2.45, 2.75) is 32.1 Å². The number of aromatic nitrogens is 4. The number of halogens is 1. The maximum atomic E-state index is 11.1. The minimum atomic E-state index is -0.146. The molecule has 0 aliphatic rings. The summed E-state index contributed by atoms with van der Waals surface area (Å²) in [5.41, 5.74) is 4.28. The van der Waals surface area contributed by atoms with Gasteiger partial charge in [-0.25, -0.2) is 9.97 Å². The summed E-state index contributed by atoms with van der Waals surface area (Å²) in [7, 11) is 1.42. The van der Waals surface area contributed by atoms with Gasteiger partial charge in [0.2, 0.25) is 5.95 Å². The normalized spacial score (nSPS) is 11.3. The van der Waals surface area contributed by atoms with Crippen molar-refractivity contribution in [1.29, 1.82) is 0 Å². The standard InChI is InChI=1S/C25H27IN5O3P/c1-33-21(32)11-7-2-3-8-16-34-20-14-12-19(13-15-20)28-25-29-22(18-9-5-4-6-10-18)23-24(30-25)31(35-26)17-27-23/h4-6,9-10,12-15,17,35H,2-3,7-8,11,16H2,1H3,(H,28,29,30).